The van der Waals surface area contributed by atoms with Crippen LogP contribution in [0.15, 0.2) is 18.2 Å². The summed E-state index contributed by atoms with van der Waals surface area (Å²) < 4.78 is 10.2. The Kier molecular flexibility index (Phi) is 5.45. The highest BCUT2D eigenvalue weighted by atomic mass is 16.5. The van der Waals surface area contributed by atoms with Gasteiger partial charge in [0.25, 0.3) is 5.91 Å². The fourth-order valence-electron chi connectivity index (χ4n) is 1.55. The number of nitrogens with one attached hydrogen (secondary N) is 1. The van der Waals surface area contributed by atoms with Gasteiger partial charge in [-0.05, 0) is 31.5 Å². The van der Waals surface area contributed by atoms with Crippen LogP contribution >= 0.6 is 0 Å². The summed E-state index contributed by atoms with van der Waals surface area (Å²) >= 11 is 0. The number of aliphatic hydroxyl groups excluding tert-OH is 1. The molecular formula is C13H19NO4. The highest BCUT2D eigenvalue weighted by Crippen LogP contribution is 2.27. The number of carbonyl (C=O) groups is 1. The molecule has 0 aliphatic rings. The van der Waals surface area contributed by atoms with E-state index in [4.69, 9.17) is 14.6 Å². The van der Waals surface area contributed by atoms with E-state index in [-0.39, 0.29) is 18.6 Å². The molecule has 1 unspecified atom stereocenters. The molecule has 1 aromatic rings. The quantitative estimate of drug-likeness (QED) is 0.799. The number of amides is 1. The molecule has 18 heavy (non-hydrogen) atoms. The van der Waals surface area contributed by atoms with Crippen LogP contribution in [0.5, 0.6) is 11.5 Å². The van der Waals surface area contributed by atoms with Crippen molar-refractivity contribution >= 4 is 5.91 Å². The minimum absolute atomic E-state index is 0.0490. The molecule has 0 radical (unpaired) electrons. The predicted molar refractivity (Wildman–Crippen MR) is 68.2 cm³/mol. The summed E-state index contributed by atoms with van der Waals surface area (Å²) in [7, 11) is 3.06. The largest absolute Gasteiger partial charge is 0.493 e. The Balaban J connectivity index is 2.80. The zero-order chi connectivity index (χ0) is 13.5. The maximum Gasteiger partial charge on any atom is 0.251 e. The van der Waals surface area contributed by atoms with Crippen LogP contribution in [0.2, 0.25) is 0 Å². The second-order valence-corrected chi connectivity index (χ2v) is 3.96. The van der Waals surface area contributed by atoms with Gasteiger partial charge in [-0.3, -0.25) is 4.79 Å². The summed E-state index contributed by atoms with van der Waals surface area (Å²) in [6, 6.07) is 4.91. The van der Waals surface area contributed by atoms with Gasteiger partial charge >= 0.3 is 0 Å². The minimum atomic E-state index is -0.197. The molecule has 0 fully saturated rings. The molecule has 0 aromatic heterocycles. The molecular weight excluding hydrogens is 234 g/mol. The van der Waals surface area contributed by atoms with E-state index in [1.54, 1.807) is 25.3 Å². The smallest absolute Gasteiger partial charge is 0.251 e. The van der Waals surface area contributed by atoms with Crippen molar-refractivity contribution in [2.45, 2.75) is 19.4 Å². The standard InChI is InChI=1S/C13H19NO4/c1-9(6-7-15)14-13(16)10-4-5-11(17-2)12(8-10)18-3/h4-5,8-9,15H,6-7H2,1-3H3,(H,14,16). The van der Waals surface area contributed by atoms with Crippen molar-refractivity contribution in [3.05, 3.63) is 23.8 Å². The molecule has 0 heterocycles. The highest BCUT2D eigenvalue weighted by Gasteiger charge is 2.12. The van der Waals surface area contributed by atoms with E-state index in [0.717, 1.165) is 0 Å². The fraction of sp³-hybridized carbons (Fsp3) is 0.462. The minimum Gasteiger partial charge on any atom is -0.493 e. The van der Waals surface area contributed by atoms with Crippen LogP contribution < -0.4 is 14.8 Å². The molecule has 0 saturated carbocycles. The van der Waals surface area contributed by atoms with Crippen molar-refractivity contribution in [1.82, 2.24) is 5.32 Å². The Labute approximate surface area is 107 Å². The number of carbonyl (C=O) groups excluding carboxylic acids is 1. The van der Waals surface area contributed by atoms with Gasteiger partial charge in [-0.2, -0.15) is 0 Å². The van der Waals surface area contributed by atoms with Crippen molar-refractivity contribution in [2.24, 2.45) is 0 Å². The molecule has 0 bridgehead atoms. The lowest BCUT2D eigenvalue weighted by molar-refractivity contribution is 0.0934. The van der Waals surface area contributed by atoms with Gasteiger partial charge in [0, 0.05) is 18.2 Å². The van der Waals surface area contributed by atoms with Gasteiger partial charge in [0.1, 0.15) is 0 Å². The maximum absolute atomic E-state index is 11.9. The first kappa shape index (κ1) is 14.3. The molecule has 1 rings (SSSR count). The topological polar surface area (TPSA) is 67.8 Å². The van der Waals surface area contributed by atoms with Gasteiger partial charge in [-0.25, -0.2) is 0 Å². The number of hydrogen-bond acceptors (Lipinski definition) is 4. The number of rotatable bonds is 6. The van der Waals surface area contributed by atoms with Gasteiger partial charge < -0.3 is 19.9 Å². The molecule has 2 N–H and O–H groups in total. The normalized spacial score (nSPS) is 11.8. The van der Waals surface area contributed by atoms with E-state index >= 15 is 0 Å². The van der Waals surface area contributed by atoms with Crippen LogP contribution in [0.4, 0.5) is 0 Å². The molecule has 1 atom stereocenters. The lowest BCUT2D eigenvalue weighted by Gasteiger charge is -2.13. The van der Waals surface area contributed by atoms with E-state index in [1.165, 1.54) is 7.11 Å². The Morgan fingerprint density at radius 3 is 2.56 bits per heavy atom. The van der Waals surface area contributed by atoms with Crippen molar-refractivity contribution in [2.75, 3.05) is 20.8 Å². The van der Waals surface area contributed by atoms with Crippen molar-refractivity contribution < 1.29 is 19.4 Å². The van der Waals surface area contributed by atoms with Crippen LogP contribution in [0, 0.1) is 0 Å². The number of methoxy groups -OCH3 is 2. The van der Waals surface area contributed by atoms with Crippen molar-refractivity contribution in [1.29, 1.82) is 0 Å². The summed E-state index contributed by atoms with van der Waals surface area (Å²) in [5.41, 5.74) is 0.498. The number of ether oxygens (including phenoxy) is 2. The highest BCUT2D eigenvalue weighted by molar-refractivity contribution is 5.95. The number of benzene rings is 1. The third-order valence-corrected chi connectivity index (χ3v) is 2.59. The summed E-state index contributed by atoms with van der Waals surface area (Å²) in [6.45, 7) is 1.89. The second kappa shape index (κ2) is 6.86. The van der Waals surface area contributed by atoms with Gasteiger partial charge in [0.15, 0.2) is 11.5 Å². The molecule has 5 nitrogen and oxygen atoms in total. The van der Waals surface area contributed by atoms with Crippen LogP contribution in [0.3, 0.4) is 0 Å². The molecule has 1 amide bonds. The lowest BCUT2D eigenvalue weighted by atomic mass is 10.1. The van der Waals surface area contributed by atoms with Crippen LogP contribution in [0.25, 0.3) is 0 Å². The third kappa shape index (κ3) is 3.63. The molecule has 0 aliphatic carbocycles. The first-order chi connectivity index (χ1) is 8.62. The fourth-order valence-corrected chi connectivity index (χ4v) is 1.55. The first-order valence-electron chi connectivity index (χ1n) is 5.76. The number of hydrogen-bond donors (Lipinski definition) is 2. The lowest BCUT2D eigenvalue weighted by Crippen LogP contribution is -2.33. The van der Waals surface area contributed by atoms with Gasteiger partial charge in [-0.1, -0.05) is 0 Å². The average Bonchev–Trinajstić information content (AvgIpc) is 2.38. The maximum atomic E-state index is 11.9. The molecule has 0 aliphatic heterocycles. The average molecular weight is 253 g/mol. The van der Waals surface area contributed by atoms with Crippen LogP contribution in [-0.2, 0) is 0 Å². The monoisotopic (exact) mass is 253 g/mol. The van der Waals surface area contributed by atoms with Gasteiger partial charge in [0.05, 0.1) is 14.2 Å². The van der Waals surface area contributed by atoms with Crippen LogP contribution in [-0.4, -0.2) is 37.9 Å². The van der Waals surface area contributed by atoms with E-state index in [1.807, 2.05) is 6.92 Å². The molecule has 5 heteroatoms. The SMILES string of the molecule is COc1ccc(C(=O)NC(C)CCO)cc1OC. The van der Waals surface area contributed by atoms with E-state index < -0.39 is 0 Å². The molecule has 0 saturated heterocycles. The van der Waals surface area contributed by atoms with E-state index in [2.05, 4.69) is 5.32 Å². The molecule has 100 valence electrons. The zero-order valence-electron chi connectivity index (χ0n) is 10.9. The van der Waals surface area contributed by atoms with Gasteiger partial charge in [0.2, 0.25) is 0 Å². The zero-order valence-corrected chi connectivity index (χ0v) is 10.9. The van der Waals surface area contributed by atoms with Crippen molar-refractivity contribution in [3.8, 4) is 11.5 Å². The first-order valence-corrected chi connectivity index (χ1v) is 5.76. The Morgan fingerprint density at radius 2 is 2.00 bits per heavy atom. The Bertz CT molecular complexity index is 406. The second-order valence-electron chi connectivity index (χ2n) is 3.96. The summed E-state index contributed by atoms with van der Waals surface area (Å²) in [5, 5.41) is 11.6. The Morgan fingerprint density at radius 1 is 1.33 bits per heavy atom. The summed E-state index contributed by atoms with van der Waals surface area (Å²) in [5.74, 6) is 0.898. The van der Waals surface area contributed by atoms with E-state index in [9.17, 15) is 4.79 Å². The third-order valence-electron chi connectivity index (χ3n) is 2.59. The Hall–Kier alpha value is -1.75. The van der Waals surface area contributed by atoms with Gasteiger partial charge in [-0.15, -0.1) is 0 Å². The van der Waals surface area contributed by atoms with E-state index in [0.29, 0.717) is 23.5 Å². The van der Waals surface area contributed by atoms with Crippen molar-refractivity contribution in [3.63, 3.8) is 0 Å². The summed E-state index contributed by atoms with van der Waals surface area (Å²) in [4.78, 5) is 11.9. The summed E-state index contributed by atoms with van der Waals surface area (Å²) in [6.07, 6.45) is 0.527. The van der Waals surface area contributed by atoms with Crippen LogP contribution in [0.1, 0.15) is 23.7 Å². The molecule has 1 aromatic carbocycles. The molecule has 0 spiro atoms. The number of aliphatic hydroxyl groups is 1. The predicted octanol–water partition coefficient (Wildman–Crippen LogP) is 1.20.